The summed E-state index contributed by atoms with van der Waals surface area (Å²) < 4.78 is 6.03. The third-order valence-corrected chi connectivity index (χ3v) is 3.01. The van der Waals surface area contributed by atoms with Gasteiger partial charge >= 0.3 is 0 Å². The zero-order chi connectivity index (χ0) is 13.7. The van der Waals surface area contributed by atoms with Crippen LogP contribution in [-0.2, 0) is 12.0 Å². The van der Waals surface area contributed by atoms with Crippen molar-refractivity contribution >= 4 is 0 Å². The van der Waals surface area contributed by atoms with Crippen molar-refractivity contribution in [2.24, 2.45) is 5.73 Å². The number of hydrogen-bond donors (Lipinski definition) is 1. The third kappa shape index (κ3) is 3.55. The average molecular weight is 256 g/mol. The van der Waals surface area contributed by atoms with E-state index in [-0.39, 0.29) is 0 Å². The number of rotatable bonds is 5. The Morgan fingerprint density at radius 3 is 2.42 bits per heavy atom. The molecule has 0 aliphatic rings. The van der Waals surface area contributed by atoms with Crippen LogP contribution in [0.1, 0.15) is 25.1 Å². The minimum atomic E-state index is -0.448. The summed E-state index contributed by atoms with van der Waals surface area (Å²) in [7, 11) is 0. The molecule has 19 heavy (non-hydrogen) atoms. The normalized spacial score (nSPS) is 11.3. The van der Waals surface area contributed by atoms with Crippen molar-refractivity contribution < 1.29 is 4.74 Å². The summed E-state index contributed by atoms with van der Waals surface area (Å²) in [6.07, 6.45) is 2.68. The van der Waals surface area contributed by atoms with Crippen molar-refractivity contribution in [3.63, 3.8) is 0 Å². The molecule has 0 unspecified atom stereocenters. The van der Waals surface area contributed by atoms with Gasteiger partial charge in [0.15, 0.2) is 0 Å². The molecule has 1 aromatic heterocycles. The standard InChI is InChI=1S/C16H20N2O/c1-16(2,15-5-3-4-12-18-15)19-14-8-6-13(7-9-14)10-11-17/h3-9,12H,10-11,17H2,1-2H3. The molecule has 0 aliphatic heterocycles. The maximum Gasteiger partial charge on any atom is 0.145 e. The lowest BCUT2D eigenvalue weighted by Crippen LogP contribution is -2.26. The van der Waals surface area contributed by atoms with Gasteiger partial charge in [0.05, 0.1) is 5.69 Å². The Bertz CT molecular complexity index is 506. The highest BCUT2D eigenvalue weighted by Crippen LogP contribution is 2.26. The average Bonchev–Trinajstić information content (AvgIpc) is 2.42. The van der Waals surface area contributed by atoms with Crippen LogP contribution in [0.2, 0.25) is 0 Å². The van der Waals surface area contributed by atoms with Crippen LogP contribution < -0.4 is 10.5 Å². The molecule has 0 fully saturated rings. The van der Waals surface area contributed by atoms with Crippen molar-refractivity contribution in [2.75, 3.05) is 6.54 Å². The molecule has 100 valence electrons. The maximum absolute atomic E-state index is 6.03. The summed E-state index contributed by atoms with van der Waals surface area (Å²) in [4.78, 5) is 4.35. The van der Waals surface area contributed by atoms with Crippen LogP contribution in [-0.4, -0.2) is 11.5 Å². The van der Waals surface area contributed by atoms with E-state index < -0.39 is 5.60 Å². The molecule has 2 aromatic rings. The number of nitrogens with zero attached hydrogens (tertiary/aromatic N) is 1. The molecular formula is C16H20N2O. The van der Waals surface area contributed by atoms with E-state index in [1.54, 1.807) is 6.20 Å². The fraction of sp³-hybridized carbons (Fsp3) is 0.312. The lowest BCUT2D eigenvalue weighted by Gasteiger charge is -2.26. The second-order valence-electron chi connectivity index (χ2n) is 5.01. The minimum absolute atomic E-state index is 0.448. The third-order valence-electron chi connectivity index (χ3n) is 3.01. The predicted molar refractivity (Wildman–Crippen MR) is 77.1 cm³/mol. The van der Waals surface area contributed by atoms with Gasteiger partial charge in [-0.2, -0.15) is 0 Å². The summed E-state index contributed by atoms with van der Waals surface area (Å²) in [6, 6.07) is 13.9. The fourth-order valence-corrected chi connectivity index (χ4v) is 1.96. The van der Waals surface area contributed by atoms with Gasteiger partial charge in [0.1, 0.15) is 11.4 Å². The summed E-state index contributed by atoms with van der Waals surface area (Å²) >= 11 is 0. The van der Waals surface area contributed by atoms with Crippen molar-refractivity contribution in [2.45, 2.75) is 25.9 Å². The van der Waals surface area contributed by atoms with Crippen molar-refractivity contribution in [3.8, 4) is 5.75 Å². The molecule has 3 nitrogen and oxygen atoms in total. The molecule has 2 rings (SSSR count). The van der Waals surface area contributed by atoms with E-state index in [9.17, 15) is 0 Å². The number of hydrogen-bond acceptors (Lipinski definition) is 3. The van der Waals surface area contributed by atoms with E-state index in [0.717, 1.165) is 17.9 Å². The van der Waals surface area contributed by atoms with Gasteiger partial charge in [-0.05, 0) is 56.6 Å². The highest BCUT2D eigenvalue weighted by molar-refractivity contribution is 5.29. The van der Waals surface area contributed by atoms with Crippen LogP contribution in [0.15, 0.2) is 48.7 Å². The van der Waals surface area contributed by atoms with Crippen LogP contribution in [0, 0.1) is 0 Å². The molecule has 1 aromatic carbocycles. The molecule has 0 saturated carbocycles. The van der Waals surface area contributed by atoms with Gasteiger partial charge in [0.25, 0.3) is 0 Å². The van der Waals surface area contributed by atoms with Gasteiger partial charge in [0, 0.05) is 6.20 Å². The predicted octanol–water partition coefficient (Wildman–Crippen LogP) is 2.90. The second-order valence-corrected chi connectivity index (χ2v) is 5.01. The smallest absolute Gasteiger partial charge is 0.145 e. The lowest BCUT2D eigenvalue weighted by atomic mass is 10.0. The molecule has 0 amide bonds. The fourth-order valence-electron chi connectivity index (χ4n) is 1.96. The quantitative estimate of drug-likeness (QED) is 0.894. The Kier molecular flexibility index (Phi) is 4.17. The van der Waals surface area contributed by atoms with Gasteiger partial charge in [-0.25, -0.2) is 0 Å². The number of aromatic nitrogens is 1. The van der Waals surface area contributed by atoms with Crippen LogP contribution in [0.25, 0.3) is 0 Å². The first kappa shape index (κ1) is 13.6. The second kappa shape index (κ2) is 5.85. The lowest BCUT2D eigenvalue weighted by molar-refractivity contribution is 0.104. The molecular weight excluding hydrogens is 236 g/mol. The summed E-state index contributed by atoms with van der Waals surface area (Å²) in [5.74, 6) is 0.844. The number of ether oxygens (including phenoxy) is 1. The topological polar surface area (TPSA) is 48.1 Å². The van der Waals surface area contributed by atoms with Crippen LogP contribution in [0.5, 0.6) is 5.75 Å². The monoisotopic (exact) mass is 256 g/mol. The number of benzene rings is 1. The summed E-state index contributed by atoms with van der Waals surface area (Å²) in [6.45, 7) is 4.70. The Labute approximate surface area is 114 Å². The van der Waals surface area contributed by atoms with Gasteiger partial charge in [-0.3, -0.25) is 4.98 Å². The first-order chi connectivity index (χ1) is 9.12. The van der Waals surface area contributed by atoms with Crippen LogP contribution in [0.3, 0.4) is 0 Å². The first-order valence-electron chi connectivity index (χ1n) is 6.51. The maximum atomic E-state index is 6.03. The molecule has 0 atom stereocenters. The van der Waals surface area contributed by atoms with Gasteiger partial charge in [0.2, 0.25) is 0 Å². The van der Waals surface area contributed by atoms with Crippen LogP contribution in [0.4, 0.5) is 0 Å². The largest absolute Gasteiger partial charge is 0.482 e. The van der Waals surface area contributed by atoms with E-state index in [4.69, 9.17) is 10.5 Å². The summed E-state index contributed by atoms with van der Waals surface area (Å²) in [5, 5.41) is 0. The zero-order valence-corrected chi connectivity index (χ0v) is 11.5. The Hall–Kier alpha value is -1.87. The Morgan fingerprint density at radius 2 is 1.84 bits per heavy atom. The van der Waals surface area contributed by atoms with E-state index >= 15 is 0 Å². The molecule has 2 N–H and O–H groups in total. The SMILES string of the molecule is CC(C)(Oc1ccc(CCN)cc1)c1ccccn1. The van der Waals surface area contributed by atoms with Gasteiger partial charge in [-0.15, -0.1) is 0 Å². The first-order valence-corrected chi connectivity index (χ1v) is 6.51. The highest BCUT2D eigenvalue weighted by Gasteiger charge is 2.23. The van der Waals surface area contributed by atoms with Crippen molar-refractivity contribution in [1.29, 1.82) is 0 Å². The van der Waals surface area contributed by atoms with Gasteiger partial charge < -0.3 is 10.5 Å². The number of pyridine rings is 1. The highest BCUT2D eigenvalue weighted by atomic mass is 16.5. The molecule has 0 radical (unpaired) electrons. The minimum Gasteiger partial charge on any atom is -0.482 e. The van der Waals surface area contributed by atoms with E-state index in [2.05, 4.69) is 17.1 Å². The van der Waals surface area contributed by atoms with Crippen molar-refractivity contribution in [3.05, 3.63) is 59.9 Å². The number of nitrogens with two attached hydrogens (primary N) is 1. The molecule has 0 bridgehead atoms. The van der Waals surface area contributed by atoms with Gasteiger partial charge in [-0.1, -0.05) is 18.2 Å². The zero-order valence-electron chi connectivity index (χ0n) is 11.5. The van der Waals surface area contributed by atoms with Crippen molar-refractivity contribution in [1.82, 2.24) is 4.98 Å². The molecule has 0 saturated heterocycles. The molecule has 1 heterocycles. The summed E-state index contributed by atoms with van der Waals surface area (Å²) in [5.41, 5.74) is 7.23. The van der Waals surface area contributed by atoms with E-state index in [1.807, 2.05) is 44.2 Å². The van der Waals surface area contributed by atoms with Crippen LogP contribution >= 0.6 is 0 Å². The molecule has 0 aliphatic carbocycles. The Morgan fingerprint density at radius 1 is 1.11 bits per heavy atom. The molecule has 0 spiro atoms. The van der Waals surface area contributed by atoms with E-state index in [0.29, 0.717) is 6.54 Å². The molecule has 3 heteroatoms. The Balaban J connectivity index is 2.11. The van der Waals surface area contributed by atoms with E-state index in [1.165, 1.54) is 5.56 Å².